The zero-order valence-corrected chi connectivity index (χ0v) is 15.6. The maximum atomic E-state index is 13.0. The number of hydrogen-bond donors (Lipinski definition) is 1. The Morgan fingerprint density at radius 3 is 2.77 bits per heavy atom. The number of hydrogen-bond acceptors (Lipinski definition) is 7. The number of carbonyl (C=O) groups excluding carboxylic acids is 1. The Morgan fingerprint density at radius 2 is 2.04 bits per heavy atom. The Balaban J connectivity index is 1.45. The number of nitrogens with one attached hydrogen (secondary N) is 1. The van der Waals surface area contributed by atoms with E-state index in [1.807, 2.05) is 0 Å². The summed E-state index contributed by atoms with van der Waals surface area (Å²) in [6, 6.07) is 4.63. The Bertz CT molecular complexity index is 883. The Morgan fingerprint density at radius 1 is 1.23 bits per heavy atom. The van der Waals surface area contributed by atoms with E-state index in [4.69, 9.17) is 4.74 Å². The van der Waals surface area contributed by atoms with Crippen LogP contribution in [0.2, 0.25) is 0 Å². The van der Waals surface area contributed by atoms with Crippen molar-refractivity contribution in [1.82, 2.24) is 14.5 Å². The highest BCUT2D eigenvalue weighted by Gasteiger charge is 2.34. The molecule has 0 aromatic heterocycles. The van der Waals surface area contributed by atoms with E-state index in [1.165, 1.54) is 4.31 Å². The summed E-state index contributed by atoms with van der Waals surface area (Å²) in [5.41, 5.74) is 0.979. The van der Waals surface area contributed by atoms with Crippen LogP contribution in [0.3, 0.4) is 0 Å². The molecular formula is C15H19N5O4S2. The van der Waals surface area contributed by atoms with Crippen molar-refractivity contribution in [2.75, 3.05) is 45.9 Å². The maximum absolute atomic E-state index is 13.0. The second-order valence-corrected chi connectivity index (χ2v) is 8.63. The zero-order chi connectivity index (χ0) is 18.1. The van der Waals surface area contributed by atoms with Gasteiger partial charge in [-0.15, -0.1) is 0 Å². The van der Waals surface area contributed by atoms with Crippen molar-refractivity contribution in [3.63, 3.8) is 0 Å². The number of ether oxygens (including phenoxy) is 1. The van der Waals surface area contributed by atoms with Crippen molar-refractivity contribution in [3.05, 3.63) is 18.2 Å². The van der Waals surface area contributed by atoms with Crippen molar-refractivity contribution in [2.24, 2.45) is 8.73 Å². The average Bonchev–Trinajstić information content (AvgIpc) is 3.17. The molecule has 140 valence electrons. The van der Waals surface area contributed by atoms with Crippen molar-refractivity contribution in [2.45, 2.75) is 10.9 Å². The normalized spacial score (nSPS) is 23.5. The van der Waals surface area contributed by atoms with E-state index in [0.717, 1.165) is 11.4 Å². The van der Waals surface area contributed by atoms with Gasteiger partial charge in [-0.1, -0.05) is 6.07 Å². The molecule has 11 heteroatoms. The third-order valence-electron chi connectivity index (χ3n) is 4.64. The molecule has 1 atom stereocenters. The average molecular weight is 397 g/mol. The number of carbonyl (C=O) groups is 1. The van der Waals surface area contributed by atoms with Crippen LogP contribution in [0.1, 0.15) is 0 Å². The molecule has 0 spiro atoms. The van der Waals surface area contributed by atoms with Crippen LogP contribution in [0.4, 0.5) is 11.4 Å². The van der Waals surface area contributed by atoms with Gasteiger partial charge in [-0.05, 0) is 12.1 Å². The summed E-state index contributed by atoms with van der Waals surface area (Å²) in [6.07, 6.45) is 0. The van der Waals surface area contributed by atoms with Crippen LogP contribution >= 0.6 is 0 Å². The number of benzene rings is 1. The standard InChI is InChI=1S/C15H19N5O4S2/c21-15(12-10-24-9-4-16-12)19-5-7-20(8-6-19)26(22,23)13-3-1-2-11-14(13)18-25-17-11/h1-3,12,16H,4-10H2. The number of fused-ring (bicyclic) bond motifs is 1. The van der Waals surface area contributed by atoms with Crippen LogP contribution in [0.5, 0.6) is 0 Å². The second kappa shape index (κ2) is 7.16. The van der Waals surface area contributed by atoms with Gasteiger partial charge >= 0.3 is 0 Å². The molecule has 0 radical (unpaired) electrons. The first-order valence-corrected chi connectivity index (χ1v) is 10.6. The highest BCUT2D eigenvalue weighted by molar-refractivity contribution is 7.89. The fraction of sp³-hybridized carbons (Fsp3) is 0.533. The van der Waals surface area contributed by atoms with Crippen LogP contribution in [0.15, 0.2) is 31.8 Å². The van der Waals surface area contributed by atoms with E-state index in [0.29, 0.717) is 44.2 Å². The summed E-state index contributed by atoms with van der Waals surface area (Å²) in [6.45, 7) is 2.85. The summed E-state index contributed by atoms with van der Waals surface area (Å²) >= 11 is 0.995. The highest BCUT2D eigenvalue weighted by Crippen LogP contribution is 2.38. The molecule has 3 aliphatic rings. The minimum absolute atomic E-state index is 0.0347. The lowest BCUT2D eigenvalue weighted by atomic mass is 10.2. The van der Waals surface area contributed by atoms with E-state index in [2.05, 4.69) is 14.0 Å². The van der Waals surface area contributed by atoms with Crippen molar-refractivity contribution >= 4 is 38.7 Å². The quantitative estimate of drug-likeness (QED) is 0.799. The number of amides is 1. The summed E-state index contributed by atoms with van der Waals surface area (Å²) < 4.78 is 41.0. The molecule has 26 heavy (non-hydrogen) atoms. The van der Waals surface area contributed by atoms with Gasteiger partial charge in [0.15, 0.2) is 0 Å². The van der Waals surface area contributed by atoms with Gasteiger partial charge in [0, 0.05) is 32.7 Å². The minimum atomic E-state index is -3.67. The smallest absolute Gasteiger partial charge is 0.245 e. The van der Waals surface area contributed by atoms with Crippen molar-refractivity contribution < 1.29 is 17.9 Å². The monoisotopic (exact) mass is 397 g/mol. The van der Waals surface area contributed by atoms with E-state index in [1.54, 1.807) is 23.1 Å². The van der Waals surface area contributed by atoms with Gasteiger partial charge in [0.05, 0.1) is 24.6 Å². The molecule has 2 fully saturated rings. The molecular weight excluding hydrogens is 378 g/mol. The lowest BCUT2D eigenvalue weighted by Crippen LogP contribution is -2.57. The van der Waals surface area contributed by atoms with Gasteiger partial charge in [-0.3, -0.25) is 4.79 Å². The predicted molar refractivity (Wildman–Crippen MR) is 95.9 cm³/mol. The van der Waals surface area contributed by atoms with Gasteiger partial charge < -0.3 is 15.0 Å². The molecule has 1 aromatic rings. The van der Waals surface area contributed by atoms with Gasteiger partial charge in [-0.2, -0.15) is 13.0 Å². The van der Waals surface area contributed by atoms with Crippen LogP contribution in [-0.2, 0) is 30.9 Å². The molecule has 2 saturated heterocycles. The van der Waals surface area contributed by atoms with Gasteiger partial charge in [0.1, 0.15) is 22.3 Å². The number of piperazine rings is 1. The van der Waals surface area contributed by atoms with Crippen LogP contribution in [0, 0.1) is 0 Å². The molecule has 9 nitrogen and oxygen atoms in total. The first-order valence-electron chi connectivity index (χ1n) is 8.39. The van der Waals surface area contributed by atoms with Crippen molar-refractivity contribution in [1.29, 1.82) is 0 Å². The number of rotatable bonds is 3. The first kappa shape index (κ1) is 17.7. The number of sulfonamides is 1. The molecule has 1 unspecified atom stereocenters. The topological polar surface area (TPSA) is 104 Å². The second-order valence-electron chi connectivity index (χ2n) is 6.20. The highest BCUT2D eigenvalue weighted by atomic mass is 32.2. The van der Waals surface area contributed by atoms with Crippen molar-refractivity contribution in [3.8, 4) is 0 Å². The van der Waals surface area contributed by atoms with E-state index in [-0.39, 0.29) is 29.9 Å². The largest absolute Gasteiger partial charge is 0.378 e. The zero-order valence-electron chi connectivity index (χ0n) is 14.0. The molecule has 0 bridgehead atoms. The fourth-order valence-corrected chi connectivity index (χ4v) is 5.40. The minimum Gasteiger partial charge on any atom is -0.378 e. The van der Waals surface area contributed by atoms with Crippen LogP contribution in [0.25, 0.3) is 0 Å². The Hall–Kier alpha value is -1.66. The Labute approximate surface area is 155 Å². The first-order chi connectivity index (χ1) is 12.6. The fourth-order valence-electron chi connectivity index (χ4n) is 3.22. The van der Waals surface area contributed by atoms with E-state index >= 15 is 0 Å². The third kappa shape index (κ3) is 3.21. The molecule has 3 aliphatic heterocycles. The molecule has 1 N–H and O–H groups in total. The predicted octanol–water partition coefficient (Wildman–Crippen LogP) is 0.234. The van der Waals surface area contributed by atoms with Gasteiger partial charge in [0.25, 0.3) is 0 Å². The lowest BCUT2D eigenvalue weighted by Gasteiger charge is -2.36. The summed E-state index contributed by atoms with van der Waals surface area (Å²) in [7, 11) is -3.67. The molecule has 4 rings (SSSR count). The number of morpholine rings is 1. The van der Waals surface area contributed by atoms with Crippen LogP contribution in [-0.4, -0.2) is 75.5 Å². The lowest BCUT2D eigenvalue weighted by molar-refractivity contribution is -0.137. The summed E-state index contributed by atoms with van der Waals surface area (Å²) in [5, 5.41) is 3.14. The van der Waals surface area contributed by atoms with Gasteiger partial charge in [0.2, 0.25) is 15.9 Å². The SMILES string of the molecule is O=C(C1COCCN1)N1CCN(S(=O)(=O)c2cccc3c2N=S=N3)CC1. The molecule has 1 aromatic carbocycles. The maximum Gasteiger partial charge on any atom is 0.245 e. The van der Waals surface area contributed by atoms with E-state index < -0.39 is 10.0 Å². The van der Waals surface area contributed by atoms with Crippen LogP contribution < -0.4 is 5.32 Å². The Kier molecular flexibility index (Phi) is 4.88. The molecule has 0 aliphatic carbocycles. The van der Waals surface area contributed by atoms with Gasteiger partial charge in [-0.25, -0.2) is 8.42 Å². The van der Waals surface area contributed by atoms with E-state index in [9.17, 15) is 13.2 Å². The molecule has 1 amide bonds. The third-order valence-corrected chi connectivity index (χ3v) is 7.11. The molecule has 0 saturated carbocycles. The molecule has 3 heterocycles. The summed E-state index contributed by atoms with van der Waals surface area (Å²) in [5.74, 6) is -0.0347. The summed E-state index contributed by atoms with van der Waals surface area (Å²) in [4.78, 5) is 14.4. The number of nitrogens with zero attached hydrogens (tertiary/aromatic N) is 4.